The normalized spacial score (nSPS) is 29.7. The second-order valence-corrected chi connectivity index (χ2v) is 5.63. The van der Waals surface area contributed by atoms with Gasteiger partial charge in [-0.25, -0.2) is 0 Å². The largest absolute Gasteiger partial charge is 0.392 e. The van der Waals surface area contributed by atoms with Gasteiger partial charge in [-0.15, -0.1) is 0 Å². The van der Waals surface area contributed by atoms with Gasteiger partial charge in [-0.2, -0.15) is 0 Å². The first-order valence-corrected chi connectivity index (χ1v) is 6.50. The molecule has 0 aromatic heterocycles. The molecular weight excluding hydrogens is 226 g/mol. The molecular formula is C15H18NO2. The van der Waals surface area contributed by atoms with Crippen molar-refractivity contribution in [1.29, 1.82) is 0 Å². The maximum atomic E-state index is 11.8. The van der Waals surface area contributed by atoms with Crippen molar-refractivity contribution < 1.29 is 9.90 Å². The first-order chi connectivity index (χ1) is 8.63. The highest BCUT2D eigenvalue weighted by Gasteiger charge is 2.46. The van der Waals surface area contributed by atoms with Crippen molar-refractivity contribution in [3.05, 3.63) is 41.3 Å². The van der Waals surface area contributed by atoms with Gasteiger partial charge in [-0.1, -0.05) is 18.2 Å². The van der Waals surface area contributed by atoms with E-state index in [0.29, 0.717) is 12.3 Å². The van der Waals surface area contributed by atoms with Crippen molar-refractivity contribution in [2.24, 2.45) is 17.1 Å². The lowest BCUT2D eigenvalue weighted by Crippen LogP contribution is -2.37. The number of carbonyl (C=O) groups is 1. The average molecular weight is 244 g/mol. The zero-order valence-corrected chi connectivity index (χ0v) is 10.4. The van der Waals surface area contributed by atoms with Crippen LogP contribution in [0.3, 0.4) is 0 Å². The fourth-order valence-electron chi connectivity index (χ4n) is 3.43. The smallest absolute Gasteiger partial charge is 0.224 e. The summed E-state index contributed by atoms with van der Waals surface area (Å²) in [5.74, 6) is 0.269. The van der Waals surface area contributed by atoms with Gasteiger partial charge in [-0.3, -0.25) is 4.79 Å². The number of aliphatic hydroxyl groups is 1. The van der Waals surface area contributed by atoms with Crippen molar-refractivity contribution in [3.8, 4) is 0 Å². The van der Waals surface area contributed by atoms with E-state index in [9.17, 15) is 9.90 Å². The number of hydrogen-bond acceptors (Lipinski definition) is 2. The van der Waals surface area contributed by atoms with Crippen LogP contribution in [-0.4, -0.2) is 11.0 Å². The first-order valence-electron chi connectivity index (χ1n) is 6.50. The molecule has 1 saturated carbocycles. The van der Waals surface area contributed by atoms with Crippen molar-refractivity contribution in [1.82, 2.24) is 0 Å². The number of aliphatic hydroxyl groups excluding tert-OH is 1. The maximum absolute atomic E-state index is 11.8. The van der Waals surface area contributed by atoms with Crippen LogP contribution >= 0.6 is 0 Å². The van der Waals surface area contributed by atoms with Gasteiger partial charge in [0.25, 0.3) is 0 Å². The third-order valence-corrected chi connectivity index (χ3v) is 4.45. The molecule has 1 fully saturated rings. The first kappa shape index (κ1) is 11.7. The Kier molecular flexibility index (Phi) is 2.67. The molecule has 1 aromatic rings. The quantitative estimate of drug-likeness (QED) is 0.825. The SMILES string of the molecule is NC(=O)C12[CH]C(CC1)Cc1ccc(CO)cc1C2. The fraction of sp³-hybridized carbons (Fsp3) is 0.467. The number of nitrogens with two attached hydrogens (primary N) is 1. The second kappa shape index (κ2) is 4.09. The van der Waals surface area contributed by atoms with Crippen LogP contribution in [0.5, 0.6) is 0 Å². The van der Waals surface area contributed by atoms with Gasteiger partial charge in [0.1, 0.15) is 0 Å². The van der Waals surface area contributed by atoms with E-state index in [-0.39, 0.29) is 12.5 Å². The zero-order valence-electron chi connectivity index (χ0n) is 10.4. The summed E-state index contributed by atoms with van der Waals surface area (Å²) in [5, 5.41) is 9.22. The minimum Gasteiger partial charge on any atom is -0.392 e. The van der Waals surface area contributed by atoms with Crippen LogP contribution in [0.1, 0.15) is 29.5 Å². The Morgan fingerprint density at radius 3 is 3.00 bits per heavy atom. The molecule has 2 aliphatic rings. The molecule has 1 amide bonds. The van der Waals surface area contributed by atoms with Crippen molar-refractivity contribution in [2.45, 2.75) is 32.3 Å². The van der Waals surface area contributed by atoms with Gasteiger partial charge in [0.15, 0.2) is 0 Å². The summed E-state index contributed by atoms with van der Waals surface area (Å²) < 4.78 is 0. The monoisotopic (exact) mass is 244 g/mol. The highest BCUT2D eigenvalue weighted by molar-refractivity contribution is 5.83. The third kappa shape index (κ3) is 1.74. The average Bonchev–Trinajstić information content (AvgIpc) is 2.67. The van der Waals surface area contributed by atoms with E-state index in [1.165, 1.54) is 11.1 Å². The summed E-state index contributed by atoms with van der Waals surface area (Å²) in [6.45, 7) is 0.0456. The minimum atomic E-state index is -0.454. The molecule has 2 atom stereocenters. The molecule has 0 heterocycles. The fourth-order valence-corrected chi connectivity index (χ4v) is 3.43. The van der Waals surface area contributed by atoms with Gasteiger partial charge < -0.3 is 10.8 Å². The van der Waals surface area contributed by atoms with Gasteiger partial charge in [-0.05, 0) is 54.7 Å². The van der Waals surface area contributed by atoms with Crippen LogP contribution in [-0.2, 0) is 24.2 Å². The van der Waals surface area contributed by atoms with E-state index in [1.54, 1.807) is 0 Å². The molecule has 1 radical (unpaired) electrons. The molecule has 3 N–H and O–H groups in total. The lowest BCUT2D eigenvalue weighted by atomic mass is 9.79. The number of fused-ring (bicyclic) bond motifs is 3. The van der Waals surface area contributed by atoms with Crippen LogP contribution in [0.2, 0.25) is 0 Å². The number of amides is 1. The highest BCUT2D eigenvalue weighted by Crippen LogP contribution is 2.47. The van der Waals surface area contributed by atoms with Crippen LogP contribution in [0.4, 0.5) is 0 Å². The Labute approximate surface area is 107 Å². The standard InChI is InChI=1S/C15H18NO2/c16-14(18)15-4-3-10(7-15)5-12-2-1-11(9-17)6-13(12)8-15/h1-2,6-7,10,17H,3-5,8-9H2,(H2,16,18). The van der Waals surface area contributed by atoms with E-state index < -0.39 is 5.41 Å². The van der Waals surface area contributed by atoms with Gasteiger partial charge in [0.2, 0.25) is 5.91 Å². The van der Waals surface area contributed by atoms with Crippen molar-refractivity contribution >= 4 is 5.91 Å². The third-order valence-electron chi connectivity index (χ3n) is 4.45. The molecule has 0 aliphatic heterocycles. The molecule has 18 heavy (non-hydrogen) atoms. The van der Waals surface area contributed by atoms with Crippen molar-refractivity contribution in [2.75, 3.05) is 0 Å². The van der Waals surface area contributed by atoms with E-state index >= 15 is 0 Å². The van der Waals surface area contributed by atoms with Crippen LogP contribution in [0.25, 0.3) is 0 Å². The Hall–Kier alpha value is -1.35. The summed E-state index contributed by atoms with van der Waals surface area (Å²) in [4.78, 5) is 11.8. The molecule has 95 valence electrons. The Morgan fingerprint density at radius 2 is 2.28 bits per heavy atom. The molecule has 0 spiro atoms. The Morgan fingerprint density at radius 1 is 1.44 bits per heavy atom. The van der Waals surface area contributed by atoms with E-state index in [2.05, 4.69) is 12.5 Å². The van der Waals surface area contributed by atoms with Gasteiger partial charge in [0, 0.05) is 0 Å². The van der Waals surface area contributed by atoms with E-state index in [1.807, 2.05) is 12.1 Å². The molecule has 2 unspecified atom stereocenters. The van der Waals surface area contributed by atoms with Crippen molar-refractivity contribution in [3.63, 3.8) is 0 Å². The molecule has 3 heteroatoms. The van der Waals surface area contributed by atoms with Gasteiger partial charge in [0.05, 0.1) is 12.0 Å². The molecule has 1 aromatic carbocycles. The van der Waals surface area contributed by atoms with Gasteiger partial charge >= 0.3 is 0 Å². The lowest BCUT2D eigenvalue weighted by Gasteiger charge is -2.25. The summed E-state index contributed by atoms with van der Waals surface area (Å²) >= 11 is 0. The second-order valence-electron chi connectivity index (χ2n) is 5.63. The summed E-state index contributed by atoms with van der Waals surface area (Å²) in [6, 6.07) is 6.08. The van der Waals surface area contributed by atoms with E-state index in [0.717, 1.165) is 24.8 Å². The zero-order chi connectivity index (χ0) is 12.8. The van der Waals surface area contributed by atoms with Crippen LogP contribution in [0, 0.1) is 17.8 Å². The van der Waals surface area contributed by atoms with E-state index in [4.69, 9.17) is 5.73 Å². The molecule has 2 bridgehead atoms. The number of benzene rings is 1. The Balaban J connectivity index is 2.04. The molecule has 0 saturated heterocycles. The predicted octanol–water partition coefficient (Wildman–Crippen LogP) is 1.36. The topological polar surface area (TPSA) is 63.3 Å². The lowest BCUT2D eigenvalue weighted by molar-refractivity contribution is -0.125. The highest BCUT2D eigenvalue weighted by atomic mass is 16.3. The molecule has 3 nitrogen and oxygen atoms in total. The minimum absolute atomic E-state index is 0.0456. The maximum Gasteiger partial charge on any atom is 0.224 e. The molecule has 3 rings (SSSR count). The summed E-state index contributed by atoms with van der Waals surface area (Å²) in [7, 11) is 0. The summed E-state index contributed by atoms with van der Waals surface area (Å²) in [6.07, 6.45) is 5.80. The number of hydrogen-bond donors (Lipinski definition) is 2. The molecule has 2 aliphatic carbocycles. The number of primary amides is 1. The Bertz CT molecular complexity index is 497. The van der Waals surface area contributed by atoms with Crippen LogP contribution in [0.15, 0.2) is 18.2 Å². The number of carbonyl (C=O) groups excluding carboxylic acids is 1. The number of rotatable bonds is 2. The summed E-state index contributed by atoms with van der Waals surface area (Å²) in [5.41, 5.74) is 8.55. The predicted molar refractivity (Wildman–Crippen MR) is 68.4 cm³/mol. The van der Waals surface area contributed by atoms with Crippen LogP contribution < -0.4 is 5.73 Å².